The molecule has 1 aliphatic heterocycles. The summed E-state index contributed by atoms with van der Waals surface area (Å²) in [7, 11) is 1.33. The first-order valence-electron chi connectivity index (χ1n) is 10.1. The van der Waals surface area contributed by atoms with Crippen molar-refractivity contribution in [3.63, 3.8) is 0 Å². The molecule has 1 fully saturated rings. The van der Waals surface area contributed by atoms with Crippen LogP contribution in [0.1, 0.15) is 24.8 Å². The van der Waals surface area contributed by atoms with Crippen LogP contribution in [-0.4, -0.2) is 43.1 Å². The lowest BCUT2D eigenvalue weighted by Gasteiger charge is -2.34. The second-order valence-electron chi connectivity index (χ2n) is 7.23. The van der Waals surface area contributed by atoms with Crippen LogP contribution in [-0.2, 0) is 20.9 Å². The molecule has 2 aromatic rings. The predicted molar refractivity (Wildman–Crippen MR) is 117 cm³/mol. The maximum atomic E-state index is 12.4. The summed E-state index contributed by atoms with van der Waals surface area (Å²) in [5.41, 5.74) is 0.885. The van der Waals surface area contributed by atoms with Gasteiger partial charge in [0, 0.05) is 22.7 Å². The summed E-state index contributed by atoms with van der Waals surface area (Å²) >= 11 is 1.78. The maximum absolute atomic E-state index is 12.4. The van der Waals surface area contributed by atoms with Crippen LogP contribution in [0.4, 0.5) is 4.79 Å². The number of ether oxygens (including phenoxy) is 2. The molecule has 30 heavy (non-hydrogen) atoms. The summed E-state index contributed by atoms with van der Waals surface area (Å²) in [5.74, 6) is 0.424. The highest BCUT2D eigenvalue weighted by molar-refractivity contribution is 7.99. The van der Waals surface area contributed by atoms with Crippen molar-refractivity contribution in [2.24, 2.45) is 0 Å². The summed E-state index contributed by atoms with van der Waals surface area (Å²) in [4.78, 5) is 25.9. The van der Waals surface area contributed by atoms with Crippen LogP contribution >= 0.6 is 11.8 Å². The molecule has 2 aromatic carbocycles. The smallest absolute Gasteiger partial charge is 0.408 e. The van der Waals surface area contributed by atoms with Crippen LogP contribution in [0.3, 0.4) is 0 Å². The van der Waals surface area contributed by atoms with Crippen molar-refractivity contribution in [1.29, 1.82) is 0 Å². The molecular weight excluding hydrogens is 400 g/mol. The average molecular weight is 429 g/mol. The highest BCUT2D eigenvalue weighted by atomic mass is 32.2. The molecule has 1 saturated heterocycles. The molecule has 1 aliphatic rings. The number of hydrogen-bond donors (Lipinski definition) is 2. The molecule has 0 aliphatic carbocycles. The minimum absolute atomic E-state index is 0.148. The second-order valence-corrected chi connectivity index (χ2v) is 8.33. The molecule has 160 valence electrons. The second kappa shape index (κ2) is 11.6. The third-order valence-corrected chi connectivity index (χ3v) is 6.23. The molecule has 1 amide bonds. The lowest BCUT2D eigenvalue weighted by Crippen LogP contribution is -2.58. The Labute approximate surface area is 181 Å². The zero-order chi connectivity index (χ0) is 21.2. The van der Waals surface area contributed by atoms with Gasteiger partial charge in [0.2, 0.25) is 0 Å². The van der Waals surface area contributed by atoms with Crippen LogP contribution in [0.5, 0.6) is 0 Å². The van der Waals surface area contributed by atoms with Crippen molar-refractivity contribution in [2.45, 2.75) is 48.9 Å². The molecule has 0 bridgehead atoms. The Morgan fingerprint density at radius 2 is 1.80 bits per heavy atom. The van der Waals surface area contributed by atoms with Crippen molar-refractivity contribution in [1.82, 2.24) is 10.6 Å². The third-order valence-electron chi connectivity index (χ3n) is 5.06. The number of benzene rings is 2. The topological polar surface area (TPSA) is 76.7 Å². The summed E-state index contributed by atoms with van der Waals surface area (Å²) < 4.78 is 10.2. The summed E-state index contributed by atoms with van der Waals surface area (Å²) in [6.45, 7) is 0.148. The van der Waals surface area contributed by atoms with Crippen LogP contribution in [0, 0.1) is 0 Å². The van der Waals surface area contributed by atoms with Crippen LogP contribution < -0.4 is 10.6 Å². The number of alkyl carbamates (subject to hydrolysis) is 1. The normalized spacial score (nSPS) is 19.5. The number of amides is 1. The van der Waals surface area contributed by atoms with E-state index in [2.05, 4.69) is 22.8 Å². The number of nitrogens with one attached hydrogen (secondary N) is 2. The monoisotopic (exact) mass is 428 g/mol. The maximum Gasteiger partial charge on any atom is 0.408 e. The number of thioether (sulfide) groups is 1. The Morgan fingerprint density at radius 3 is 2.50 bits per heavy atom. The fraction of sp³-hybridized carbons (Fsp3) is 0.391. The van der Waals surface area contributed by atoms with E-state index in [-0.39, 0.29) is 18.7 Å². The fourth-order valence-corrected chi connectivity index (χ4v) is 4.51. The van der Waals surface area contributed by atoms with Gasteiger partial charge in [0.05, 0.1) is 7.11 Å². The van der Waals surface area contributed by atoms with E-state index >= 15 is 0 Å². The van der Waals surface area contributed by atoms with Gasteiger partial charge < -0.3 is 20.1 Å². The quantitative estimate of drug-likeness (QED) is 0.493. The zero-order valence-electron chi connectivity index (χ0n) is 17.1. The molecule has 0 unspecified atom stereocenters. The number of carbonyl (C=O) groups excluding carboxylic acids is 2. The van der Waals surface area contributed by atoms with E-state index in [1.165, 1.54) is 12.0 Å². The minimum Gasteiger partial charge on any atom is -0.467 e. The van der Waals surface area contributed by atoms with Crippen molar-refractivity contribution >= 4 is 23.8 Å². The van der Waals surface area contributed by atoms with Gasteiger partial charge in [-0.15, -0.1) is 11.8 Å². The Bertz CT molecular complexity index is 803. The molecule has 0 saturated carbocycles. The molecule has 1 heterocycles. The van der Waals surface area contributed by atoms with Gasteiger partial charge in [0.25, 0.3) is 0 Å². The predicted octanol–water partition coefficient (Wildman–Crippen LogP) is 3.76. The molecule has 6 nitrogen and oxygen atoms in total. The molecule has 2 N–H and O–H groups in total. The first kappa shape index (κ1) is 22.2. The standard InChI is InChI=1S/C23H28N2O4S/c1-28-22(26)21(25-23(27)29-15-17-9-4-2-5-10-17)20-14-8-11-18(24-20)16-30-19-12-6-3-7-13-19/h2-7,9-10,12-13,18,20-21,24H,8,11,14-16H2,1H3,(H,25,27)/t18-,20-,21+/m0/s1. The molecule has 0 radical (unpaired) electrons. The third kappa shape index (κ3) is 6.78. The largest absolute Gasteiger partial charge is 0.467 e. The lowest BCUT2D eigenvalue weighted by molar-refractivity contribution is -0.144. The summed E-state index contributed by atoms with van der Waals surface area (Å²) in [6.07, 6.45) is 2.16. The SMILES string of the molecule is COC(=O)[C@H](NC(=O)OCc1ccccc1)[C@@H]1CCC[C@@H](CSc2ccccc2)N1. The Hall–Kier alpha value is -2.51. The molecule has 0 spiro atoms. The van der Waals surface area contributed by atoms with Crippen LogP contribution in [0.15, 0.2) is 65.6 Å². The van der Waals surface area contributed by atoms with E-state index in [9.17, 15) is 9.59 Å². The number of piperidine rings is 1. The van der Waals surface area contributed by atoms with Crippen molar-refractivity contribution in [2.75, 3.05) is 12.9 Å². The van der Waals surface area contributed by atoms with E-state index in [0.29, 0.717) is 0 Å². The van der Waals surface area contributed by atoms with E-state index < -0.39 is 18.1 Å². The van der Waals surface area contributed by atoms with Crippen molar-refractivity contribution in [3.8, 4) is 0 Å². The Morgan fingerprint density at radius 1 is 1.10 bits per heavy atom. The Kier molecular flexibility index (Phi) is 8.59. The molecule has 3 rings (SSSR count). The molecule has 0 aromatic heterocycles. The number of rotatable bonds is 8. The number of esters is 1. The van der Waals surface area contributed by atoms with E-state index in [0.717, 1.165) is 30.6 Å². The van der Waals surface area contributed by atoms with Crippen molar-refractivity contribution in [3.05, 3.63) is 66.2 Å². The summed E-state index contributed by atoms with van der Waals surface area (Å²) in [6, 6.07) is 18.9. The van der Waals surface area contributed by atoms with E-state index in [1.54, 1.807) is 11.8 Å². The van der Waals surface area contributed by atoms with Gasteiger partial charge in [-0.05, 0) is 30.5 Å². The molecule has 7 heteroatoms. The highest BCUT2D eigenvalue weighted by Gasteiger charge is 2.34. The van der Waals surface area contributed by atoms with Gasteiger partial charge in [-0.25, -0.2) is 9.59 Å². The average Bonchev–Trinajstić information content (AvgIpc) is 2.81. The zero-order valence-corrected chi connectivity index (χ0v) is 17.9. The highest BCUT2D eigenvalue weighted by Crippen LogP contribution is 2.23. The van der Waals surface area contributed by atoms with Crippen LogP contribution in [0.2, 0.25) is 0 Å². The van der Waals surface area contributed by atoms with Gasteiger partial charge in [0.15, 0.2) is 0 Å². The molecular formula is C23H28N2O4S. The van der Waals surface area contributed by atoms with E-state index in [1.807, 2.05) is 48.5 Å². The van der Waals surface area contributed by atoms with Gasteiger partial charge >= 0.3 is 12.1 Å². The number of hydrogen-bond acceptors (Lipinski definition) is 6. The lowest BCUT2D eigenvalue weighted by atomic mass is 9.94. The first-order chi connectivity index (χ1) is 14.7. The fourth-order valence-electron chi connectivity index (χ4n) is 3.50. The van der Waals surface area contributed by atoms with Crippen LogP contribution in [0.25, 0.3) is 0 Å². The Balaban J connectivity index is 1.54. The van der Waals surface area contributed by atoms with E-state index in [4.69, 9.17) is 9.47 Å². The van der Waals surface area contributed by atoms with Gasteiger partial charge in [-0.1, -0.05) is 55.0 Å². The van der Waals surface area contributed by atoms with Gasteiger partial charge in [-0.2, -0.15) is 0 Å². The number of carbonyl (C=O) groups is 2. The minimum atomic E-state index is -0.789. The van der Waals surface area contributed by atoms with Gasteiger partial charge in [-0.3, -0.25) is 0 Å². The van der Waals surface area contributed by atoms with Gasteiger partial charge in [0.1, 0.15) is 12.6 Å². The summed E-state index contributed by atoms with van der Waals surface area (Å²) in [5, 5.41) is 6.22. The first-order valence-corrected chi connectivity index (χ1v) is 11.1. The number of methoxy groups -OCH3 is 1. The van der Waals surface area contributed by atoms with Crippen molar-refractivity contribution < 1.29 is 19.1 Å². The molecule has 3 atom stereocenters.